The van der Waals surface area contributed by atoms with Gasteiger partial charge in [-0.15, -0.1) is 0 Å². The Labute approximate surface area is 117 Å². The highest BCUT2D eigenvalue weighted by molar-refractivity contribution is 6.30. The summed E-state index contributed by atoms with van der Waals surface area (Å²) in [4.78, 5) is 10.7. The van der Waals surface area contributed by atoms with Crippen LogP contribution in [0.3, 0.4) is 0 Å². The van der Waals surface area contributed by atoms with Crippen molar-refractivity contribution in [2.75, 3.05) is 13.1 Å². The molecule has 0 saturated carbocycles. The number of hydrogen-bond acceptors (Lipinski definition) is 3. The molecule has 6 heteroatoms. The summed E-state index contributed by atoms with van der Waals surface area (Å²) in [6.07, 6.45) is 3.15. The molecule has 100 valence electrons. The lowest BCUT2D eigenvalue weighted by atomic mass is 10.3. The number of benzene rings is 1. The molecule has 0 radical (unpaired) electrons. The van der Waals surface area contributed by atoms with E-state index in [0.717, 1.165) is 24.7 Å². The third-order valence-corrected chi connectivity index (χ3v) is 2.98. The van der Waals surface area contributed by atoms with Crippen LogP contribution in [0.25, 0.3) is 0 Å². The SMILES string of the molecule is CCN(CC)C(=Nc1ccc(Cl)cc1)n1cncn1. The molecule has 1 aromatic heterocycles. The predicted octanol–water partition coefficient (Wildman–Crippen LogP) is 2.81. The smallest absolute Gasteiger partial charge is 0.228 e. The molecule has 0 aliphatic carbocycles. The maximum Gasteiger partial charge on any atom is 0.228 e. The zero-order valence-electron chi connectivity index (χ0n) is 11.0. The van der Waals surface area contributed by atoms with Crippen LogP contribution >= 0.6 is 11.6 Å². The summed E-state index contributed by atoms with van der Waals surface area (Å²) in [5.41, 5.74) is 0.835. The minimum atomic E-state index is 0.698. The van der Waals surface area contributed by atoms with Gasteiger partial charge < -0.3 is 4.90 Å². The highest BCUT2D eigenvalue weighted by atomic mass is 35.5. The van der Waals surface area contributed by atoms with Crippen molar-refractivity contribution in [1.82, 2.24) is 19.7 Å². The van der Waals surface area contributed by atoms with Crippen molar-refractivity contribution in [1.29, 1.82) is 0 Å². The molecule has 0 atom stereocenters. The Bertz CT molecular complexity index is 529. The first-order valence-electron chi connectivity index (χ1n) is 6.18. The average Bonchev–Trinajstić information content (AvgIpc) is 2.95. The molecule has 2 aromatic rings. The molecular weight excluding hydrogens is 262 g/mol. The molecule has 0 aliphatic rings. The molecule has 0 unspecified atom stereocenters. The molecule has 19 heavy (non-hydrogen) atoms. The van der Waals surface area contributed by atoms with Crippen molar-refractivity contribution in [3.8, 4) is 0 Å². The van der Waals surface area contributed by atoms with Crippen molar-refractivity contribution in [3.05, 3.63) is 41.9 Å². The summed E-state index contributed by atoms with van der Waals surface area (Å²) in [5.74, 6) is 0.754. The topological polar surface area (TPSA) is 46.3 Å². The fourth-order valence-electron chi connectivity index (χ4n) is 1.72. The van der Waals surface area contributed by atoms with Gasteiger partial charge >= 0.3 is 0 Å². The Balaban J connectivity index is 2.39. The van der Waals surface area contributed by atoms with Crippen LogP contribution in [0.1, 0.15) is 13.8 Å². The number of hydrogen-bond donors (Lipinski definition) is 0. The summed E-state index contributed by atoms with van der Waals surface area (Å²) in [6, 6.07) is 7.40. The summed E-state index contributed by atoms with van der Waals surface area (Å²) in [7, 11) is 0. The Morgan fingerprint density at radius 1 is 1.26 bits per heavy atom. The normalized spacial score (nSPS) is 11.6. The summed E-state index contributed by atoms with van der Waals surface area (Å²) in [6.45, 7) is 5.86. The molecule has 0 aliphatic heterocycles. The molecule has 1 heterocycles. The van der Waals surface area contributed by atoms with Crippen LogP contribution in [-0.4, -0.2) is 38.7 Å². The Morgan fingerprint density at radius 3 is 2.47 bits per heavy atom. The van der Waals surface area contributed by atoms with Crippen molar-refractivity contribution < 1.29 is 0 Å². The van der Waals surface area contributed by atoms with Crippen molar-refractivity contribution in [3.63, 3.8) is 0 Å². The van der Waals surface area contributed by atoms with E-state index in [1.807, 2.05) is 24.3 Å². The molecule has 2 rings (SSSR count). The summed E-state index contributed by atoms with van der Waals surface area (Å²) < 4.78 is 1.67. The molecule has 0 spiro atoms. The van der Waals surface area contributed by atoms with Crippen LogP contribution in [0.15, 0.2) is 41.9 Å². The zero-order valence-corrected chi connectivity index (χ0v) is 11.7. The van der Waals surface area contributed by atoms with E-state index in [1.54, 1.807) is 11.0 Å². The van der Waals surface area contributed by atoms with Gasteiger partial charge in [0.25, 0.3) is 0 Å². The van der Waals surface area contributed by atoms with Gasteiger partial charge in [-0.3, -0.25) is 0 Å². The first kappa shape index (κ1) is 13.5. The maximum atomic E-state index is 5.88. The third kappa shape index (κ3) is 3.32. The van der Waals surface area contributed by atoms with Crippen LogP contribution in [0, 0.1) is 0 Å². The van der Waals surface area contributed by atoms with Gasteiger partial charge in [-0.1, -0.05) is 11.6 Å². The lowest BCUT2D eigenvalue weighted by molar-refractivity contribution is 0.444. The van der Waals surface area contributed by atoms with E-state index in [4.69, 9.17) is 11.6 Å². The van der Waals surface area contributed by atoms with E-state index in [9.17, 15) is 0 Å². The molecular formula is C13H16ClN5. The second kappa shape index (κ2) is 6.33. The van der Waals surface area contributed by atoms with Crippen LogP contribution in [-0.2, 0) is 0 Å². The van der Waals surface area contributed by atoms with Crippen LogP contribution in [0.5, 0.6) is 0 Å². The monoisotopic (exact) mass is 277 g/mol. The minimum Gasteiger partial charge on any atom is -0.341 e. The fourth-order valence-corrected chi connectivity index (χ4v) is 1.84. The van der Waals surface area contributed by atoms with E-state index in [0.29, 0.717) is 5.02 Å². The van der Waals surface area contributed by atoms with Gasteiger partial charge in [0.15, 0.2) is 0 Å². The molecule has 0 fully saturated rings. The quantitative estimate of drug-likeness (QED) is 0.640. The third-order valence-electron chi connectivity index (χ3n) is 2.73. The second-order valence-corrected chi connectivity index (χ2v) is 4.34. The van der Waals surface area contributed by atoms with E-state index >= 15 is 0 Å². The average molecular weight is 278 g/mol. The highest BCUT2D eigenvalue weighted by Gasteiger charge is 2.10. The zero-order chi connectivity index (χ0) is 13.7. The van der Waals surface area contributed by atoms with Gasteiger partial charge in [0, 0.05) is 18.1 Å². The largest absolute Gasteiger partial charge is 0.341 e. The number of rotatable bonds is 3. The molecule has 5 nitrogen and oxygen atoms in total. The fraction of sp³-hybridized carbons (Fsp3) is 0.308. The lowest BCUT2D eigenvalue weighted by Gasteiger charge is -2.22. The number of nitrogens with zero attached hydrogens (tertiary/aromatic N) is 5. The Kier molecular flexibility index (Phi) is 4.52. The van der Waals surface area contributed by atoms with Crippen LogP contribution < -0.4 is 0 Å². The maximum absolute atomic E-state index is 5.88. The van der Waals surface area contributed by atoms with Gasteiger partial charge in [0.1, 0.15) is 12.7 Å². The number of aliphatic imine (C=N–C) groups is 1. The number of aromatic nitrogens is 3. The van der Waals surface area contributed by atoms with Gasteiger partial charge in [0.05, 0.1) is 5.69 Å². The highest BCUT2D eigenvalue weighted by Crippen LogP contribution is 2.17. The van der Waals surface area contributed by atoms with Gasteiger partial charge in [-0.2, -0.15) is 9.78 Å². The summed E-state index contributed by atoms with van der Waals surface area (Å²) >= 11 is 5.88. The van der Waals surface area contributed by atoms with E-state index in [2.05, 4.69) is 33.8 Å². The number of halogens is 1. The van der Waals surface area contributed by atoms with E-state index in [1.165, 1.54) is 6.33 Å². The first-order valence-corrected chi connectivity index (χ1v) is 6.56. The van der Waals surface area contributed by atoms with E-state index in [-0.39, 0.29) is 0 Å². The van der Waals surface area contributed by atoms with E-state index < -0.39 is 0 Å². The van der Waals surface area contributed by atoms with Gasteiger partial charge in [-0.05, 0) is 38.1 Å². The molecule has 0 amide bonds. The van der Waals surface area contributed by atoms with Gasteiger partial charge in [-0.25, -0.2) is 9.98 Å². The molecule has 1 aromatic carbocycles. The van der Waals surface area contributed by atoms with Crippen molar-refractivity contribution >= 4 is 23.2 Å². The lowest BCUT2D eigenvalue weighted by Crippen LogP contribution is -2.36. The molecule has 0 N–H and O–H groups in total. The van der Waals surface area contributed by atoms with Crippen LogP contribution in [0.4, 0.5) is 5.69 Å². The van der Waals surface area contributed by atoms with Gasteiger partial charge in [0.2, 0.25) is 5.96 Å². The predicted molar refractivity (Wildman–Crippen MR) is 76.9 cm³/mol. The van der Waals surface area contributed by atoms with Crippen molar-refractivity contribution in [2.24, 2.45) is 4.99 Å². The second-order valence-electron chi connectivity index (χ2n) is 3.90. The summed E-state index contributed by atoms with van der Waals surface area (Å²) in [5, 5.41) is 4.85. The molecule has 0 saturated heterocycles. The minimum absolute atomic E-state index is 0.698. The first-order chi connectivity index (χ1) is 9.24. The van der Waals surface area contributed by atoms with Crippen molar-refractivity contribution in [2.45, 2.75) is 13.8 Å². The standard InChI is InChI=1S/C13H16ClN5/c1-3-18(4-2)13(19-10-15-9-16-19)17-12-7-5-11(14)6-8-12/h5-10H,3-4H2,1-2H3. The molecule has 0 bridgehead atoms. The Hall–Kier alpha value is -1.88. The Morgan fingerprint density at radius 2 is 1.95 bits per heavy atom. The van der Waals surface area contributed by atoms with Crippen LogP contribution in [0.2, 0.25) is 5.02 Å².